The molecule has 1 N–H and O–H groups in total. The van der Waals surface area contributed by atoms with Crippen molar-refractivity contribution in [3.63, 3.8) is 0 Å². The van der Waals surface area contributed by atoms with Crippen molar-refractivity contribution in [2.45, 2.75) is 25.4 Å². The smallest absolute Gasteiger partial charge is 0.273 e. The summed E-state index contributed by atoms with van der Waals surface area (Å²) in [5.74, 6) is 0.459. The maximum absolute atomic E-state index is 12.5. The van der Waals surface area contributed by atoms with Crippen molar-refractivity contribution in [3.05, 3.63) is 53.4 Å². The lowest BCUT2D eigenvalue weighted by Gasteiger charge is -2.34. The number of rotatable bonds is 5. The van der Waals surface area contributed by atoms with Gasteiger partial charge in [-0.05, 0) is 18.4 Å². The van der Waals surface area contributed by atoms with Gasteiger partial charge in [0.25, 0.3) is 5.91 Å². The lowest BCUT2D eigenvalue weighted by Crippen LogP contribution is -2.44. The first-order valence-electron chi connectivity index (χ1n) is 8.89. The van der Waals surface area contributed by atoms with Gasteiger partial charge in [0.1, 0.15) is 6.04 Å². The molecular weight excluding hydrogens is 334 g/mol. The molecule has 2 aliphatic rings. The number of benzene rings is 1. The molecule has 1 aromatic heterocycles. The molecule has 1 aliphatic carbocycles. The third kappa shape index (κ3) is 3.62. The first kappa shape index (κ1) is 16.8. The van der Waals surface area contributed by atoms with Crippen LogP contribution in [0.5, 0.6) is 0 Å². The zero-order valence-electron chi connectivity index (χ0n) is 14.4. The Morgan fingerprint density at radius 3 is 2.81 bits per heavy atom. The Labute approximate surface area is 151 Å². The van der Waals surface area contributed by atoms with Crippen LogP contribution in [-0.2, 0) is 16.1 Å². The summed E-state index contributed by atoms with van der Waals surface area (Å²) in [6.45, 7) is 1.84. The van der Waals surface area contributed by atoms with E-state index < -0.39 is 0 Å². The monoisotopic (exact) mass is 355 g/mol. The molecule has 2 fully saturated rings. The van der Waals surface area contributed by atoms with E-state index in [1.807, 2.05) is 30.3 Å². The SMILES string of the molecule is O=C(NCc1ccccc1)c1cc(C2COCCN2C(=O)C2CC2)on1. The zero-order valence-corrected chi connectivity index (χ0v) is 14.4. The van der Waals surface area contributed by atoms with Crippen LogP contribution in [0.2, 0.25) is 0 Å². The van der Waals surface area contributed by atoms with Gasteiger partial charge in [0, 0.05) is 25.1 Å². The molecule has 26 heavy (non-hydrogen) atoms. The molecular formula is C19H21N3O4. The van der Waals surface area contributed by atoms with Gasteiger partial charge in [-0.3, -0.25) is 9.59 Å². The van der Waals surface area contributed by atoms with Gasteiger partial charge < -0.3 is 19.5 Å². The largest absolute Gasteiger partial charge is 0.377 e. The summed E-state index contributed by atoms with van der Waals surface area (Å²) in [6.07, 6.45) is 1.90. The molecule has 2 aromatic rings. The minimum absolute atomic E-state index is 0.132. The quantitative estimate of drug-likeness (QED) is 0.886. The maximum Gasteiger partial charge on any atom is 0.273 e. The third-order valence-electron chi connectivity index (χ3n) is 4.72. The highest BCUT2D eigenvalue weighted by Crippen LogP contribution is 2.35. The van der Waals surface area contributed by atoms with Gasteiger partial charge in [0.2, 0.25) is 5.91 Å². The van der Waals surface area contributed by atoms with Crippen molar-refractivity contribution in [2.24, 2.45) is 5.92 Å². The molecule has 0 spiro atoms. The Morgan fingerprint density at radius 1 is 1.23 bits per heavy atom. The maximum atomic E-state index is 12.5. The van der Waals surface area contributed by atoms with Gasteiger partial charge in [-0.15, -0.1) is 0 Å². The molecule has 2 amide bonds. The van der Waals surface area contributed by atoms with Gasteiger partial charge in [-0.25, -0.2) is 0 Å². The molecule has 1 unspecified atom stereocenters. The number of carbonyl (C=O) groups is 2. The van der Waals surface area contributed by atoms with E-state index in [0.29, 0.717) is 32.1 Å². The molecule has 2 heterocycles. The van der Waals surface area contributed by atoms with Crippen molar-refractivity contribution in [2.75, 3.05) is 19.8 Å². The van der Waals surface area contributed by atoms with Gasteiger partial charge in [0.15, 0.2) is 11.5 Å². The summed E-state index contributed by atoms with van der Waals surface area (Å²) in [5, 5.41) is 6.70. The predicted octanol–water partition coefficient (Wildman–Crippen LogP) is 1.91. The Morgan fingerprint density at radius 2 is 2.04 bits per heavy atom. The minimum atomic E-state index is -0.319. The number of morpholine rings is 1. The van der Waals surface area contributed by atoms with Crippen LogP contribution in [0.1, 0.15) is 40.7 Å². The molecule has 1 atom stereocenters. The second kappa shape index (κ2) is 7.29. The Hall–Kier alpha value is -2.67. The van der Waals surface area contributed by atoms with E-state index in [-0.39, 0.29) is 29.5 Å². The van der Waals surface area contributed by atoms with Gasteiger partial charge in [0.05, 0.1) is 13.2 Å². The molecule has 1 aliphatic heterocycles. The van der Waals surface area contributed by atoms with Crippen molar-refractivity contribution >= 4 is 11.8 Å². The molecule has 7 nitrogen and oxygen atoms in total. The van der Waals surface area contributed by atoms with E-state index in [9.17, 15) is 9.59 Å². The van der Waals surface area contributed by atoms with Crippen molar-refractivity contribution < 1.29 is 18.8 Å². The number of hydrogen-bond donors (Lipinski definition) is 1. The zero-order chi connectivity index (χ0) is 17.9. The lowest BCUT2D eigenvalue weighted by molar-refractivity contribution is -0.142. The summed E-state index contributed by atoms with van der Waals surface area (Å²) in [5.41, 5.74) is 1.21. The minimum Gasteiger partial charge on any atom is -0.377 e. The van der Waals surface area contributed by atoms with Gasteiger partial charge in [-0.1, -0.05) is 35.5 Å². The van der Waals surface area contributed by atoms with E-state index in [1.165, 1.54) is 0 Å². The molecule has 136 valence electrons. The van der Waals surface area contributed by atoms with E-state index in [2.05, 4.69) is 10.5 Å². The number of nitrogens with one attached hydrogen (secondary N) is 1. The Balaban J connectivity index is 1.42. The molecule has 4 rings (SSSR count). The average molecular weight is 355 g/mol. The van der Waals surface area contributed by atoms with Crippen molar-refractivity contribution in [1.29, 1.82) is 0 Å². The van der Waals surface area contributed by atoms with Crippen molar-refractivity contribution in [1.82, 2.24) is 15.4 Å². The Kier molecular flexibility index (Phi) is 4.71. The van der Waals surface area contributed by atoms with E-state index in [0.717, 1.165) is 18.4 Å². The van der Waals surface area contributed by atoms with Crippen LogP contribution in [0.4, 0.5) is 0 Å². The number of carbonyl (C=O) groups excluding carboxylic acids is 2. The first-order valence-corrected chi connectivity index (χ1v) is 8.89. The molecule has 7 heteroatoms. The summed E-state index contributed by atoms with van der Waals surface area (Å²) in [7, 11) is 0. The number of hydrogen-bond acceptors (Lipinski definition) is 5. The fourth-order valence-electron chi connectivity index (χ4n) is 3.09. The highest BCUT2D eigenvalue weighted by Gasteiger charge is 2.39. The second-order valence-electron chi connectivity index (χ2n) is 6.68. The van der Waals surface area contributed by atoms with Crippen molar-refractivity contribution in [3.8, 4) is 0 Å². The fourth-order valence-corrected chi connectivity index (χ4v) is 3.09. The summed E-state index contributed by atoms with van der Waals surface area (Å²) in [6, 6.07) is 10.9. The van der Waals surface area contributed by atoms with Gasteiger partial charge in [-0.2, -0.15) is 0 Å². The predicted molar refractivity (Wildman–Crippen MR) is 92.1 cm³/mol. The average Bonchev–Trinajstić information content (AvgIpc) is 3.43. The molecule has 1 saturated carbocycles. The molecule has 1 saturated heterocycles. The summed E-state index contributed by atoms with van der Waals surface area (Å²) < 4.78 is 10.9. The molecule has 0 radical (unpaired) electrons. The number of aromatic nitrogens is 1. The Bertz CT molecular complexity index is 785. The van der Waals surface area contributed by atoms with Crippen LogP contribution in [0.3, 0.4) is 0 Å². The molecule has 1 aromatic carbocycles. The standard InChI is InChI=1S/C19H21N3O4/c23-18(20-11-13-4-2-1-3-5-13)15-10-17(26-21-15)16-12-25-9-8-22(16)19(24)14-6-7-14/h1-5,10,14,16H,6-9,11-12H2,(H,20,23). The topological polar surface area (TPSA) is 84.7 Å². The van der Waals surface area contributed by atoms with E-state index in [1.54, 1.807) is 11.0 Å². The first-order chi connectivity index (χ1) is 12.7. The third-order valence-corrected chi connectivity index (χ3v) is 4.72. The van der Waals surface area contributed by atoms with E-state index >= 15 is 0 Å². The van der Waals surface area contributed by atoms with Crippen LogP contribution >= 0.6 is 0 Å². The van der Waals surface area contributed by atoms with Gasteiger partial charge >= 0.3 is 0 Å². The molecule has 0 bridgehead atoms. The number of amides is 2. The van der Waals surface area contributed by atoms with Crippen LogP contribution < -0.4 is 5.32 Å². The highest BCUT2D eigenvalue weighted by molar-refractivity contribution is 5.92. The van der Waals surface area contributed by atoms with Crippen LogP contribution in [0.25, 0.3) is 0 Å². The lowest BCUT2D eigenvalue weighted by atomic mass is 10.1. The normalized spacial score (nSPS) is 20.0. The fraction of sp³-hybridized carbons (Fsp3) is 0.421. The summed E-state index contributed by atoms with van der Waals surface area (Å²) in [4.78, 5) is 26.6. The summed E-state index contributed by atoms with van der Waals surface area (Å²) >= 11 is 0. The van der Waals surface area contributed by atoms with E-state index in [4.69, 9.17) is 9.26 Å². The van der Waals surface area contributed by atoms with Crippen LogP contribution in [-0.4, -0.2) is 41.6 Å². The number of ether oxygens (including phenoxy) is 1. The highest BCUT2D eigenvalue weighted by atomic mass is 16.5. The van der Waals surface area contributed by atoms with Crippen LogP contribution in [0, 0.1) is 5.92 Å². The second-order valence-corrected chi connectivity index (χ2v) is 6.68. The number of nitrogens with zero attached hydrogens (tertiary/aromatic N) is 2. The van der Waals surface area contributed by atoms with Crippen LogP contribution in [0.15, 0.2) is 40.9 Å².